The number of aliphatic carboxylic acids is 2. The van der Waals surface area contributed by atoms with Crippen molar-refractivity contribution in [1.82, 2.24) is 5.32 Å². The third-order valence-corrected chi connectivity index (χ3v) is 5.44. The molecular weight excluding hydrogens is 341 g/mol. The van der Waals surface area contributed by atoms with E-state index in [0.717, 1.165) is 0 Å². The van der Waals surface area contributed by atoms with Crippen LogP contribution >= 0.6 is 23.2 Å². The Morgan fingerprint density at radius 3 is 2.39 bits per heavy atom. The smallest absolute Gasteiger partial charge is 0.333 e. The molecule has 2 rings (SSSR count). The minimum Gasteiger partial charge on any atom is -0.481 e. The van der Waals surface area contributed by atoms with Crippen LogP contribution in [0, 0.1) is 5.41 Å². The number of hydrogen-bond acceptors (Lipinski definition) is 3. The number of halogens is 2. The summed E-state index contributed by atoms with van der Waals surface area (Å²) in [6.07, 6.45) is 0. The lowest BCUT2D eigenvalue weighted by atomic mass is 9.63. The van der Waals surface area contributed by atoms with Crippen molar-refractivity contribution in [1.29, 1.82) is 0 Å². The molecule has 0 radical (unpaired) electrons. The highest BCUT2D eigenvalue weighted by Gasteiger charge is 2.53. The third-order valence-electron chi connectivity index (χ3n) is 4.61. The average Bonchev–Trinajstić information content (AvgIpc) is 2.45. The Bertz CT molecular complexity index is 716. The monoisotopic (exact) mass is 357 g/mol. The van der Waals surface area contributed by atoms with Crippen LogP contribution in [0.5, 0.6) is 0 Å². The molecule has 1 aliphatic rings. The number of rotatable bonds is 3. The maximum atomic E-state index is 12.0. The number of carboxylic acids is 2. The third kappa shape index (κ3) is 2.68. The molecule has 23 heavy (non-hydrogen) atoms. The molecule has 0 bridgehead atoms. The van der Waals surface area contributed by atoms with Crippen LogP contribution < -0.4 is 5.32 Å². The number of benzene rings is 1. The summed E-state index contributed by atoms with van der Waals surface area (Å²) in [6.45, 7) is 4.85. The summed E-state index contributed by atoms with van der Waals surface area (Å²) >= 11 is 12.3. The summed E-state index contributed by atoms with van der Waals surface area (Å²) in [6, 6.07) is 4.33. The zero-order valence-corrected chi connectivity index (χ0v) is 14.4. The summed E-state index contributed by atoms with van der Waals surface area (Å²) in [5.74, 6) is -3.22. The topological polar surface area (TPSA) is 86.6 Å². The molecule has 1 aromatic carbocycles. The van der Waals surface area contributed by atoms with E-state index in [1.165, 1.54) is 6.92 Å². The molecule has 124 valence electrons. The first-order valence-corrected chi connectivity index (χ1v) is 7.75. The highest BCUT2D eigenvalue weighted by molar-refractivity contribution is 6.42. The average molecular weight is 358 g/mol. The Labute approximate surface area is 143 Å². The largest absolute Gasteiger partial charge is 0.481 e. The molecule has 0 fully saturated rings. The fourth-order valence-electron chi connectivity index (χ4n) is 3.13. The maximum Gasteiger partial charge on any atom is 0.333 e. The number of nitrogens with one attached hydrogen (secondary N) is 1. The SMILES string of the molecule is CC1=C(C(=O)O)C(c2cccc(Cl)c2Cl)C(C)(C(=O)O)C(C)N1. The van der Waals surface area contributed by atoms with Crippen molar-refractivity contribution in [3.63, 3.8) is 0 Å². The van der Waals surface area contributed by atoms with Gasteiger partial charge in [-0.05, 0) is 32.4 Å². The minimum atomic E-state index is -1.40. The lowest BCUT2D eigenvalue weighted by Crippen LogP contribution is -2.54. The summed E-state index contributed by atoms with van der Waals surface area (Å²) in [5.41, 5.74) is -0.599. The molecule has 0 aliphatic carbocycles. The van der Waals surface area contributed by atoms with Crippen LogP contribution in [-0.2, 0) is 9.59 Å². The molecule has 3 N–H and O–H groups in total. The predicted octanol–water partition coefficient (Wildman–Crippen LogP) is 3.52. The van der Waals surface area contributed by atoms with Crippen molar-refractivity contribution in [3.05, 3.63) is 45.1 Å². The maximum absolute atomic E-state index is 12.0. The van der Waals surface area contributed by atoms with Crippen molar-refractivity contribution < 1.29 is 19.8 Å². The fourth-order valence-corrected chi connectivity index (χ4v) is 3.55. The minimum absolute atomic E-state index is 0.0165. The molecule has 0 saturated heterocycles. The molecule has 0 saturated carbocycles. The van der Waals surface area contributed by atoms with Crippen LogP contribution in [0.15, 0.2) is 29.5 Å². The Hall–Kier alpha value is -1.72. The normalized spacial score (nSPS) is 27.5. The van der Waals surface area contributed by atoms with Gasteiger partial charge in [0.2, 0.25) is 0 Å². The molecule has 0 amide bonds. The molecule has 7 heteroatoms. The van der Waals surface area contributed by atoms with Crippen LogP contribution in [-0.4, -0.2) is 28.2 Å². The molecule has 3 atom stereocenters. The molecule has 1 aromatic rings. The van der Waals surface area contributed by atoms with Crippen molar-refractivity contribution in [2.75, 3.05) is 0 Å². The van der Waals surface area contributed by atoms with Crippen molar-refractivity contribution in [2.24, 2.45) is 5.41 Å². The Morgan fingerprint density at radius 2 is 1.87 bits per heavy atom. The van der Waals surface area contributed by atoms with Gasteiger partial charge in [-0.3, -0.25) is 4.79 Å². The van der Waals surface area contributed by atoms with E-state index in [1.54, 1.807) is 32.0 Å². The summed E-state index contributed by atoms with van der Waals surface area (Å²) in [5, 5.41) is 22.8. The summed E-state index contributed by atoms with van der Waals surface area (Å²) in [4.78, 5) is 23.8. The molecule has 3 unspecified atom stereocenters. The first kappa shape index (κ1) is 17.6. The van der Waals surface area contributed by atoms with Crippen LogP contribution in [0.3, 0.4) is 0 Å². The standard InChI is InChI=1S/C16H17Cl2NO4/c1-7-11(14(20)21)12(9-5-4-6-10(17)13(9)18)16(3,15(22)23)8(2)19-7/h4-6,8,12,19H,1-3H3,(H,20,21)(H,22,23). The Morgan fingerprint density at radius 1 is 1.26 bits per heavy atom. The highest BCUT2D eigenvalue weighted by atomic mass is 35.5. The zero-order valence-electron chi connectivity index (χ0n) is 12.9. The lowest BCUT2D eigenvalue weighted by molar-refractivity contribution is -0.151. The number of allylic oxidation sites excluding steroid dienone is 1. The molecule has 0 aromatic heterocycles. The van der Waals surface area contributed by atoms with Gasteiger partial charge in [0.05, 0.1) is 21.0 Å². The van der Waals surface area contributed by atoms with Crippen molar-refractivity contribution >= 4 is 35.1 Å². The quantitative estimate of drug-likeness (QED) is 0.770. The summed E-state index contributed by atoms with van der Waals surface area (Å²) in [7, 11) is 0. The van der Waals surface area contributed by atoms with E-state index in [-0.39, 0.29) is 15.6 Å². The Kier molecular flexibility index (Phi) is 4.64. The van der Waals surface area contributed by atoms with E-state index in [1.807, 2.05) is 0 Å². The first-order chi connectivity index (χ1) is 10.6. The van der Waals surface area contributed by atoms with Crippen LogP contribution in [0.1, 0.15) is 32.3 Å². The second-order valence-electron chi connectivity index (χ2n) is 5.87. The Balaban J connectivity index is 2.83. The van der Waals surface area contributed by atoms with Gasteiger partial charge in [-0.15, -0.1) is 0 Å². The molecule has 0 spiro atoms. The van der Waals surface area contributed by atoms with E-state index in [4.69, 9.17) is 23.2 Å². The van der Waals surface area contributed by atoms with Gasteiger partial charge in [0.25, 0.3) is 0 Å². The van der Waals surface area contributed by atoms with E-state index >= 15 is 0 Å². The second kappa shape index (κ2) is 6.06. The molecular formula is C16H17Cl2NO4. The van der Waals surface area contributed by atoms with Gasteiger partial charge >= 0.3 is 11.9 Å². The predicted molar refractivity (Wildman–Crippen MR) is 87.9 cm³/mol. The van der Waals surface area contributed by atoms with Crippen molar-refractivity contribution in [3.8, 4) is 0 Å². The first-order valence-electron chi connectivity index (χ1n) is 7.00. The van der Waals surface area contributed by atoms with Crippen LogP contribution in [0.25, 0.3) is 0 Å². The molecule has 1 aliphatic heterocycles. The van der Waals surface area contributed by atoms with Gasteiger partial charge in [0, 0.05) is 17.7 Å². The van der Waals surface area contributed by atoms with Crippen LogP contribution in [0.2, 0.25) is 10.0 Å². The number of hydrogen-bond donors (Lipinski definition) is 3. The molecule has 5 nitrogen and oxygen atoms in total. The van der Waals surface area contributed by atoms with Gasteiger partial charge < -0.3 is 15.5 Å². The number of carbonyl (C=O) groups is 2. The van der Waals surface area contributed by atoms with Gasteiger partial charge in [0.1, 0.15) is 0 Å². The van der Waals surface area contributed by atoms with Gasteiger partial charge in [-0.1, -0.05) is 35.3 Å². The van der Waals surface area contributed by atoms with Crippen molar-refractivity contribution in [2.45, 2.75) is 32.7 Å². The fraction of sp³-hybridized carbons (Fsp3) is 0.375. The number of carboxylic acid groups (broad SMARTS) is 2. The van der Waals surface area contributed by atoms with E-state index < -0.39 is 29.3 Å². The van der Waals surface area contributed by atoms with E-state index in [2.05, 4.69) is 5.32 Å². The highest BCUT2D eigenvalue weighted by Crippen LogP contribution is 2.50. The van der Waals surface area contributed by atoms with E-state index in [0.29, 0.717) is 11.3 Å². The lowest BCUT2D eigenvalue weighted by Gasteiger charge is -2.44. The van der Waals surface area contributed by atoms with Gasteiger partial charge in [-0.25, -0.2) is 4.79 Å². The van der Waals surface area contributed by atoms with Crippen LogP contribution in [0.4, 0.5) is 0 Å². The second-order valence-corrected chi connectivity index (χ2v) is 6.66. The summed E-state index contributed by atoms with van der Waals surface area (Å²) < 4.78 is 0. The zero-order chi connectivity index (χ0) is 17.5. The molecule has 1 heterocycles. The van der Waals surface area contributed by atoms with Gasteiger partial charge in [-0.2, -0.15) is 0 Å². The van der Waals surface area contributed by atoms with Gasteiger partial charge in [0.15, 0.2) is 0 Å². The van der Waals surface area contributed by atoms with E-state index in [9.17, 15) is 19.8 Å².